The Hall–Kier alpha value is -2.76. The topological polar surface area (TPSA) is 60.9 Å². The van der Waals surface area contributed by atoms with Gasteiger partial charge in [0.2, 0.25) is 5.88 Å². The first kappa shape index (κ1) is 19.0. The molecule has 6 nitrogen and oxygen atoms in total. The molecule has 27 heavy (non-hydrogen) atoms. The minimum Gasteiger partial charge on any atom is -0.496 e. The summed E-state index contributed by atoms with van der Waals surface area (Å²) in [4.78, 5) is 18.8. The van der Waals surface area contributed by atoms with E-state index in [4.69, 9.17) is 14.2 Å². The standard InChI is InChI=1S/C21H26N2O4/c1-21(2,3)27-20(24)23-12-7-13-26-19-17(14-23)15(10-11-22-19)16-8-5-6-9-18(16)25-4/h5-6,8-11H,7,12-14H2,1-4H3. The molecule has 1 aliphatic rings. The molecular formula is C21H26N2O4. The lowest BCUT2D eigenvalue weighted by Crippen LogP contribution is -2.38. The molecule has 2 aromatic rings. The fourth-order valence-electron chi connectivity index (χ4n) is 3.05. The number of pyridine rings is 1. The lowest BCUT2D eigenvalue weighted by molar-refractivity contribution is 0.0214. The molecule has 0 atom stereocenters. The summed E-state index contributed by atoms with van der Waals surface area (Å²) in [5, 5.41) is 0. The summed E-state index contributed by atoms with van der Waals surface area (Å²) >= 11 is 0. The number of carbonyl (C=O) groups is 1. The van der Waals surface area contributed by atoms with Gasteiger partial charge in [-0.15, -0.1) is 0 Å². The van der Waals surface area contributed by atoms with Gasteiger partial charge in [-0.2, -0.15) is 0 Å². The summed E-state index contributed by atoms with van der Waals surface area (Å²) in [5.74, 6) is 1.31. The van der Waals surface area contributed by atoms with Crippen molar-refractivity contribution in [3.8, 4) is 22.8 Å². The van der Waals surface area contributed by atoms with Crippen molar-refractivity contribution in [3.05, 3.63) is 42.1 Å². The Kier molecular flexibility index (Phi) is 5.54. The summed E-state index contributed by atoms with van der Waals surface area (Å²) in [7, 11) is 1.65. The number of ether oxygens (including phenoxy) is 3. The van der Waals surface area contributed by atoms with Gasteiger partial charge in [0.1, 0.15) is 11.4 Å². The van der Waals surface area contributed by atoms with Crippen LogP contribution in [0.15, 0.2) is 36.5 Å². The van der Waals surface area contributed by atoms with Crippen molar-refractivity contribution in [1.29, 1.82) is 0 Å². The van der Waals surface area contributed by atoms with Gasteiger partial charge in [-0.1, -0.05) is 18.2 Å². The number of hydrogen-bond donors (Lipinski definition) is 0. The highest BCUT2D eigenvalue weighted by atomic mass is 16.6. The van der Waals surface area contributed by atoms with Crippen molar-refractivity contribution in [2.75, 3.05) is 20.3 Å². The largest absolute Gasteiger partial charge is 0.496 e. The maximum atomic E-state index is 12.7. The Balaban J connectivity index is 2.01. The Morgan fingerprint density at radius 2 is 1.96 bits per heavy atom. The quantitative estimate of drug-likeness (QED) is 0.790. The van der Waals surface area contributed by atoms with Gasteiger partial charge in [0, 0.05) is 23.9 Å². The van der Waals surface area contributed by atoms with Crippen LogP contribution in [0.25, 0.3) is 11.1 Å². The van der Waals surface area contributed by atoms with Gasteiger partial charge in [0.15, 0.2) is 0 Å². The van der Waals surface area contributed by atoms with Crippen LogP contribution in [0.3, 0.4) is 0 Å². The highest BCUT2D eigenvalue weighted by molar-refractivity contribution is 5.75. The molecule has 3 rings (SSSR count). The van der Waals surface area contributed by atoms with E-state index < -0.39 is 5.60 Å². The molecule has 0 fully saturated rings. The molecule has 0 spiro atoms. The highest BCUT2D eigenvalue weighted by Gasteiger charge is 2.26. The summed E-state index contributed by atoms with van der Waals surface area (Å²) < 4.78 is 17.0. The number of nitrogens with zero attached hydrogens (tertiary/aromatic N) is 2. The minimum atomic E-state index is -0.542. The fraction of sp³-hybridized carbons (Fsp3) is 0.429. The van der Waals surface area contributed by atoms with E-state index in [0.717, 1.165) is 28.9 Å². The molecule has 144 valence electrons. The van der Waals surface area contributed by atoms with E-state index in [1.54, 1.807) is 18.2 Å². The van der Waals surface area contributed by atoms with Crippen LogP contribution in [0, 0.1) is 0 Å². The molecule has 0 saturated carbocycles. The maximum Gasteiger partial charge on any atom is 0.410 e. The zero-order chi connectivity index (χ0) is 19.4. The van der Waals surface area contributed by atoms with Gasteiger partial charge in [-0.3, -0.25) is 0 Å². The predicted molar refractivity (Wildman–Crippen MR) is 103 cm³/mol. The van der Waals surface area contributed by atoms with Crippen LogP contribution in [0.1, 0.15) is 32.8 Å². The lowest BCUT2D eigenvalue weighted by Gasteiger charge is -2.30. The predicted octanol–water partition coefficient (Wildman–Crippen LogP) is 4.28. The Morgan fingerprint density at radius 3 is 2.70 bits per heavy atom. The number of fused-ring (bicyclic) bond motifs is 1. The molecule has 2 heterocycles. The lowest BCUT2D eigenvalue weighted by atomic mass is 9.99. The average Bonchev–Trinajstić information content (AvgIpc) is 2.60. The van der Waals surface area contributed by atoms with Crippen LogP contribution in [0.5, 0.6) is 11.6 Å². The molecule has 0 saturated heterocycles. The fourth-order valence-corrected chi connectivity index (χ4v) is 3.05. The third-order valence-electron chi connectivity index (χ3n) is 4.23. The summed E-state index contributed by atoms with van der Waals surface area (Å²) in [6, 6.07) is 9.72. The summed E-state index contributed by atoms with van der Waals surface area (Å²) in [6.07, 6.45) is 2.12. The molecule has 0 aliphatic carbocycles. The van der Waals surface area contributed by atoms with Crippen molar-refractivity contribution in [3.63, 3.8) is 0 Å². The molecule has 0 bridgehead atoms. The zero-order valence-corrected chi connectivity index (χ0v) is 16.3. The van der Waals surface area contributed by atoms with Crippen LogP contribution >= 0.6 is 0 Å². The van der Waals surface area contributed by atoms with E-state index in [1.165, 1.54) is 0 Å². The van der Waals surface area contributed by atoms with Crippen molar-refractivity contribution >= 4 is 6.09 Å². The molecule has 0 radical (unpaired) electrons. The number of benzene rings is 1. The molecule has 1 aromatic carbocycles. The monoisotopic (exact) mass is 370 g/mol. The van der Waals surface area contributed by atoms with Crippen molar-refractivity contribution in [2.24, 2.45) is 0 Å². The molecule has 1 aliphatic heterocycles. The van der Waals surface area contributed by atoms with Crippen LogP contribution < -0.4 is 9.47 Å². The number of methoxy groups -OCH3 is 1. The Morgan fingerprint density at radius 1 is 1.19 bits per heavy atom. The first-order valence-corrected chi connectivity index (χ1v) is 9.11. The highest BCUT2D eigenvalue weighted by Crippen LogP contribution is 2.36. The third kappa shape index (κ3) is 4.51. The summed E-state index contributed by atoms with van der Waals surface area (Å²) in [6.45, 7) is 7.03. The van der Waals surface area contributed by atoms with E-state index in [2.05, 4.69) is 4.98 Å². The van der Waals surface area contributed by atoms with E-state index in [0.29, 0.717) is 25.6 Å². The van der Waals surface area contributed by atoms with E-state index in [9.17, 15) is 4.79 Å². The first-order chi connectivity index (χ1) is 12.9. The summed E-state index contributed by atoms with van der Waals surface area (Å²) in [5.41, 5.74) is 2.19. The third-order valence-corrected chi connectivity index (χ3v) is 4.23. The normalized spacial score (nSPS) is 14.4. The number of para-hydroxylation sites is 1. The van der Waals surface area contributed by atoms with Crippen molar-refractivity contribution < 1.29 is 19.0 Å². The van der Waals surface area contributed by atoms with Crippen LogP contribution in [0.4, 0.5) is 4.79 Å². The zero-order valence-electron chi connectivity index (χ0n) is 16.3. The van der Waals surface area contributed by atoms with Gasteiger partial charge in [-0.25, -0.2) is 9.78 Å². The van der Waals surface area contributed by atoms with Crippen LogP contribution in [-0.4, -0.2) is 41.8 Å². The number of aromatic nitrogens is 1. The van der Waals surface area contributed by atoms with Crippen LogP contribution in [-0.2, 0) is 11.3 Å². The van der Waals surface area contributed by atoms with Crippen molar-refractivity contribution in [1.82, 2.24) is 9.88 Å². The second-order valence-corrected chi connectivity index (χ2v) is 7.45. The minimum absolute atomic E-state index is 0.329. The van der Waals surface area contributed by atoms with E-state index >= 15 is 0 Å². The van der Waals surface area contributed by atoms with Gasteiger partial charge in [-0.05, 0) is 44.9 Å². The Bertz CT molecular complexity index is 814. The van der Waals surface area contributed by atoms with Crippen LogP contribution in [0.2, 0.25) is 0 Å². The first-order valence-electron chi connectivity index (χ1n) is 9.11. The van der Waals surface area contributed by atoms with Gasteiger partial charge >= 0.3 is 6.09 Å². The molecule has 0 N–H and O–H groups in total. The molecular weight excluding hydrogens is 344 g/mol. The van der Waals surface area contributed by atoms with Gasteiger partial charge < -0.3 is 19.1 Å². The molecule has 6 heteroatoms. The number of amides is 1. The van der Waals surface area contributed by atoms with Gasteiger partial charge in [0.25, 0.3) is 0 Å². The van der Waals surface area contributed by atoms with E-state index in [-0.39, 0.29) is 6.09 Å². The van der Waals surface area contributed by atoms with Gasteiger partial charge in [0.05, 0.1) is 20.3 Å². The van der Waals surface area contributed by atoms with E-state index in [1.807, 2.05) is 51.1 Å². The Labute approximate surface area is 160 Å². The molecule has 0 unspecified atom stereocenters. The number of rotatable bonds is 2. The molecule has 1 amide bonds. The smallest absolute Gasteiger partial charge is 0.410 e. The second-order valence-electron chi connectivity index (χ2n) is 7.45. The SMILES string of the molecule is COc1ccccc1-c1ccnc2c1CN(C(=O)OC(C)(C)C)CCCO2. The number of carbonyl (C=O) groups excluding carboxylic acids is 1. The second kappa shape index (κ2) is 7.86. The number of hydrogen-bond acceptors (Lipinski definition) is 5. The average molecular weight is 370 g/mol. The maximum absolute atomic E-state index is 12.7. The molecule has 1 aromatic heterocycles. The van der Waals surface area contributed by atoms with Crippen molar-refractivity contribution in [2.45, 2.75) is 39.3 Å².